The number of nitrogens with one attached hydrogen (secondary N) is 1. The van der Waals surface area contributed by atoms with Gasteiger partial charge >= 0.3 is 5.97 Å². The maximum Gasteiger partial charge on any atom is 0.336 e. The van der Waals surface area contributed by atoms with E-state index >= 15 is 0 Å². The molecule has 2 N–H and O–H groups in total. The first kappa shape index (κ1) is 16.3. The monoisotopic (exact) mass is 267 g/mol. The largest absolute Gasteiger partial charge is 0.467 e. The summed E-state index contributed by atoms with van der Waals surface area (Å²) in [5.41, 5.74) is -0.0876. The van der Waals surface area contributed by atoms with Gasteiger partial charge in [-0.3, -0.25) is 0 Å². The predicted molar refractivity (Wildman–Crippen MR) is 63.9 cm³/mol. The van der Waals surface area contributed by atoms with Crippen LogP contribution in [0.4, 0.5) is 0 Å². The predicted octanol–water partition coefficient (Wildman–Crippen LogP) is -0.124. The fourth-order valence-electron chi connectivity index (χ4n) is 0.938. The highest BCUT2D eigenvalue weighted by Crippen LogP contribution is 2.18. The van der Waals surface area contributed by atoms with Gasteiger partial charge in [0.1, 0.15) is 0 Å². The van der Waals surface area contributed by atoms with E-state index in [0.29, 0.717) is 6.42 Å². The van der Waals surface area contributed by atoms with Crippen molar-refractivity contribution in [3.8, 4) is 0 Å². The zero-order valence-electron chi connectivity index (χ0n) is 10.7. The molecule has 17 heavy (non-hydrogen) atoms. The average Bonchev–Trinajstić information content (AvgIpc) is 2.21. The van der Waals surface area contributed by atoms with Gasteiger partial charge in [0.2, 0.25) is 10.0 Å². The summed E-state index contributed by atoms with van der Waals surface area (Å²) in [7, 11) is -2.34. The van der Waals surface area contributed by atoms with Crippen molar-refractivity contribution in [3.05, 3.63) is 0 Å². The molecule has 0 saturated heterocycles. The summed E-state index contributed by atoms with van der Waals surface area (Å²) < 4.78 is 29.5. The van der Waals surface area contributed by atoms with Crippen molar-refractivity contribution in [1.29, 1.82) is 0 Å². The second-order valence-electron chi connectivity index (χ2n) is 5.02. The zero-order valence-corrected chi connectivity index (χ0v) is 11.5. The molecule has 0 aromatic carbocycles. The molecule has 0 spiro atoms. The van der Waals surface area contributed by atoms with Crippen LogP contribution in [-0.4, -0.2) is 45.0 Å². The third-order valence-corrected chi connectivity index (χ3v) is 3.44. The highest BCUT2D eigenvalue weighted by atomic mass is 32.2. The number of aliphatic hydroxyl groups excluding tert-OH is 1. The number of hydrogen-bond acceptors (Lipinski definition) is 5. The normalized spacial score (nSPS) is 14.4. The lowest BCUT2D eigenvalue weighted by Crippen LogP contribution is -2.38. The van der Waals surface area contributed by atoms with Crippen molar-refractivity contribution in [2.24, 2.45) is 5.41 Å². The molecular weight excluding hydrogens is 246 g/mol. The number of esters is 1. The quantitative estimate of drug-likeness (QED) is 0.654. The SMILES string of the molecule is COC(=O)C(O)CNS(=O)(=O)CCC(C)(C)C. The van der Waals surface area contributed by atoms with Crippen LogP contribution in [0, 0.1) is 5.41 Å². The Kier molecular flexibility index (Phi) is 6.08. The zero-order chi connectivity index (χ0) is 13.7. The van der Waals surface area contributed by atoms with Crippen LogP contribution in [0.15, 0.2) is 0 Å². The maximum absolute atomic E-state index is 11.5. The molecule has 0 aliphatic carbocycles. The van der Waals surface area contributed by atoms with Gasteiger partial charge in [0.15, 0.2) is 6.10 Å². The van der Waals surface area contributed by atoms with E-state index in [-0.39, 0.29) is 17.7 Å². The summed E-state index contributed by atoms with van der Waals surface area (Å²) >= 11 is 0. The van der Waals surface area contributed by atoms with E-state index in [0.717, 1.165) is 7.11 Å². The lowest BCUT2D eigenvalue weighted by molar-refractivity contribution is -0.149. The fourth-order valence-corrected chi connectivity index (χ4v) is 2.38. The molecular formula is C10H21NO5S. The minimum atomic E-state index is -3.47. The molecule has 0 bridgehead atoms. The van der Waals surface area contributed by atoms with Gasteiger partial charge in [-0.15, -0.1) is 0 Å². The van der Waals surface area contributed by atoms with Gasteiger partial charge in [-0.25, -0.2) is 17.9 Å². The Bertz CT molecular complexity index is 344. The van der Waals surface area contributed by atoms with E-state index in [2.05, 4.69) is 9.46 Å². The van der Waals surface area contributed by atoms with Crippen molar-refractivity contribution >= 4 is 16.0 Å². The molecule has 0 aliphatic heterocycles. The van der Waals surface area contributed by atoms with Crippen molar-refractivity contribution in [2.75, 3.05) is 19.4 Å². The van der Waals surface area contributed by atoms with Crippen LogP contribution in [0.5, 0.6) is 0 Å². The minimum Gasteiger partial charge on any atom is -0.467 e. The number of methoxy groups -OCH3 is 1. The first-order valence-electron chi connectivity index (χ1n) is 5.30. The van der Waals surface area contributed by atoms with Gasteiger partial charge in [0.25, 0.3) is 0 Å². The first-order valence-corrected chi connectivity index (χ1v) is 6.96. The van der Waals surface area contributed by atoms with E-state index in [1.165, 1.54) is 0 Å². The van der Waals surface area contributed by atoms with Crippen LogP contribution >= 0.6 is 0 Å². The molecule has 0 aromatic heterocycles. The third-order valence-electron chi connectivity index (χ3n) is 2.09. The van der Waals surface area contributed by atoms with Crippen LogP contribution in [0.3, 0.4) is 0 Å². The summed E-state index contributed by atoms with van der Waals surface area (Å²) in [4.78, 5) is 10.8. The van der Waals surface area contributed by atoms with Gasteiger partial charge < -0.3 is 9.84 Å². The maximum atomic E-state index is 11.5. The molecule has 0 rings (SSSR count). The number of ether oxygens (including phenoxy) is 1. The summed E-state index contributed by atoms with van der Waals surface area (Å²) in [5.74, 6) is -0.895. The Labute approximate surface area is 102 Å². The molecule has 0 aliphatic rings. The van der Waals surface area contributed by atoms with Gasteiger partial charge in [0, 0.05) is 6.54 Å². The Balaban J connectivity index is 4.15. The standard InChI is InChI=1S/C10H21NO5S/c1-10(2,3)5-6-17(14,15)11-7-8(12)9(13)16-4/h8,11-12H,5-7H2,1-4H3. The van der Waals surface area contributed by atoms with Crippen molar-refractivity contribution < 1.29 is 23.1 Å². The Hall–Kier alpha value is -0.660. The molecule has 0 saturated carbocycles. The highest BCUT2D eigenvalue weighted by Gasteiger charge is 2.21. The van der Waals surface area contributed by atoms with Crippen LogP contribution in [0.25, 0.3) is 0 Å². The number of carbonyl (C=O) groups is 1. The highest BCUT2D eigenvalue weighted by molar-refractivity contribution is 7.89. The van der Waals surface area contributed by atoms with E-state index in [1.54, 1.807) is 0 Å². The number of hydrogen-bond donors (Lipinski definition) is 2. The lowest BCUT2D eigenvalue weighted by atomic mass is 9.94. The topological polar surface area (TPSA) is 92.7 Å². The smallest absolute Gasteiger partial charge is 0.336 e. The molecule has 0 heterocycles. The van der Waals surface area contributed by atoms with E-state index < -0.39 is 22.1 Å². The van der Waals surface area contributed by atoms with Crippen molar-refractivity contribution in [2.45, 2.75) is 33.3 Å². The second-order valence-corrected chi connectivity index (χ2v) is 6.94. The van der Waals surface area contributed by atoms with Crippen LogP contribution in [0.1, 0.15) is 27.2 Å². The summed E-state index contributed by atoms with van der Waals surface area (Å²) in [6.07, 6.45) is -0.971. The Morgan fingerprint density at radius 1 is 1.41 bits per heavy atom. The summed E-state index contributed by atoms with van der Waals surface area (Å²) in [6.45, 7) is 5.45. The van der Waals surface area contributed by atoms with Crippen molar-refractivity contribution in [3.63, 3.8) is 0 Å². The van der Waals surface area contributed by atoms with E-state index in [9.17, 15) is 18.3 Å². The molecule has 102 valence electrons. The molecule has 1 unspecified atom stereocenters. The molecule has 0 aromatic rings. The number of rotatable bonds is 6. The number of carbonyl (C=O) groups excluding carboxylic acids is 1. The number of sulfonamides is 1. The molecule has 7 heteroatoms. The van der Waals surface area contributed by atoms with Crippen LogP contribution < -0.4 is 4.72 Å². The molecule has 0 radical (unpaired) electrons. The van der Waals surface area contributed by atoms with E-state index in [1.807, 2.05) is 20.8 Å². The van der Waals surface area contributed by atoms with Gasteiger partial charge in [-0.2, -0.15) is 0 Å². The lowest BCUT2D eigenvalue weighted by Gasteiger charge is -2.18. The Morgan fingerprint density at radius 3 is 2.35 bits per heavy atom. The Morgan fingerprint density at radius 2 is 1.94 bits per heavy atom. The van der Waals surface area contributed by atoms with Gasteiger partial charge in [-0.1, -0.05) is 20.8 Å². The second kappa shape index (κ2) is 6.32. The van der Waals surface area contributed by atoms with Gasteiger partial charge in [-0.05, 0) is 11.8 Å². The fraction of sp³-hybridized carbons (Fsp3) is 0.900. The summed E-state index contributed by atoms with van der Waals surface area (Å²) in [5, 5.41) is 9.21. The number of aliphatic hydroxyl groups is 1. The first-order chi connectivity index (χ1) is 7.57. The minimum absolute atomic E-state index is 0.0373. The van der Waals surface area contributed by atoms with Gasteiger partial charge in [0.05, 0.1) is 12.9 Å². The molecule has 1 atom stereocenters. The van der Waals surface area contributed by atoms with Crippen LogP contribution in [0.2, 0.25) is 0 Å². The van der Waals surface area contributed by atoms with E-state index in [4.69, 9.17) is 0 Å². The summed E-state index contributed by atoms with van der Waals surface area (Å²) in [6, 6.07) is 0. The average molecular weight is 267 g/mol. The third kappa shape index (κ3) is 8.12. The molecule has 6 nitrogen and oxygen atoms in total. The molecule has 0 amide bonds. The van der Waals surface area contributed by atoms with Crippen molar-refractivity contribution in [1.82, 2.24) is 4.72 Å². The van der Waals surface area contributed by atoms with Crippen LogP contribution in [-0.2, 0) is 19.6 Å². The molecule has 0 fully saturated rings.